The Balaban J connectivity index is 1.70. The highest BCUT2D eigenvalue weighted by atomic mass is 19.1. The molecule has 1 saturated heterocycles. The molecule has 144 valence electrons. The first-order valence-electron chi connectivity index (χ1n) is 8.45. The zero-order valence-corrected chi connectivity index (χ0v) is 14.3. The molecule has 0 unspecified atom stereocenters. The standard InChI is InChI=1S/C19H14F3N3O3/c20-9-1-2-11(15(22)4-9)13-6-25(7-14(13)19(27)28)18(26)12-3-10(21)5-16-17(12)24-8-23-16/h1-5,8,13-14H,6-7H2,(H,23,24)(H,27,28)/t13-,14+/m1/s1. The van der Waals surface area contributed by atoms with Gasteiger partial charge in [0.25, 0.3) is 5.91 Å². The largest absolute Gasteiger partial charge is 0.481 e. The maximum absolute atomic E-state index is 14.2. The van der Waals surface area contributed by atoms with Crippen LogP contribution in [0.5, 0.6) is 0 Å². The van der Waals surface area contributed by atoms with Crippen molar-refractivity contribution >= 4 is 22.9 Å². The maximum atomic E-state index is 14.2. The minimum atomic E-state index is -1.20. The smallest absolute Gasteiger partial charge is 0.308 e. The van der Waals surface area contributed by atoms with E-state index >= 15 is 0 Å². The van der Waals surface area contributed by atoms with Crippen LogP contribution in [-0.2, 0) is 4.79 Å². The van der Waals surface area contributed by atoms with E-state index in [1.165, 1.54) is 23.4 Å². The molecule has 0 spiro atoms. The van der Waals surface area contributed by atoms with Crippen molar-refractivity contribution in [3.8, 4) is 0 Å². The molecular weight excluding hydrogens is 375 g/mol. The van der Waals surface area contributed by atoms with E-state index in [0.717, 1.165) is 12.1 Å². The molecule has 2 aromatic carbocycles. The number of aromatic nitrogens is 2. The van der Waals surface area contributed by atoms with Gasteiger partial charge in [-0.2, -0.15) is 0 Å². The van der Waals surface area contributed by atoms with Crippen LogP contribution in [0.4, 0.5) is 13.2 Å². The van der Waals surface area contributed by atoms with E-state index in [1.54, 1.807) is 0 Å². The third-order valence-corrected chi connectivity index (χ3v) is 5.01. The van der Waals surface area contributed by atoms with Crippen LogP contribution in [0, 0.1) is 23.4 Å². The van der Waals surface area contributed by atoms with E-state index in [-0.39, 0.29) is 29.7 Å². The highest BCUT2D eigenvalue weighted by molar-refractivity contribution is 6.05. The number of carbonyl (C=O) groups excluding carboxylic acids is 1. The molecule has 4 rings (SSSR count). The number of fused-ring (bicyclic) bond motifs is 1. The van der Waals surface area contributed by atoms with E-state index in [2.05, 4.69) is 9.97 Å². The number of hydrogen-bond acceptors (Lipinski definition) is 3. The van der Waals surface area contributed by atoms with Crippen LogP contribution in [0.2, 0.25) is 0 Å². The first-order chi connectivity index (χ1) is 13.3. The summed E-state index contributed by atoms with van der Waals surface area (Å²) in [5, 5.41) is 9.53. The lowest BCUT2D eigenvalue weighted by Gasteiger charge is -2.17. The number of imidazole rings is 1. The van der Waals surface area contributed by atoms with Gasteiger partial charge in [-0.3, -0.25) is 9.59 Å². The topological polar surface area (TPSA) is 86.3 Å². The van der Waals surface area contributed by atoms with Gasteiger partial charge < -0.3 is 15.0 Å². The zero-order valence-electron chi connectivity index (χ0n) is 14.3. The molecule has 1 aliphatic rings. The van der Waals surface area contributed by atoms with Gasteiger partial charge in [0.2, 0.25) is 0 Å². The molecule has 0 radical (unpaired) electrons. The van der Waals surface area contributed by atoms with Crippen molar-refractivity contribution in [3.05, 3.63) is 65.2 Å². The molecule has 0 saturated carbocycles. The molecule has 28 heavy (non-hydrogen) atoms. The van der Waals surface area contributed by atoms with Gasteiger partial charge in [0.1, 0.15) is 23.0 Å². The van der Waals surface area contributed by atoms with Gasteiger partial charge in [0.15, 0.2) is 0 Å². The summed E-state index contributed by atoms with van der Waals surface area (Å²) in [5.74, 6) is -6.03. The summed E-state index contributed by atoms with van der Waals surface area (Å²) in [6.07, 6.45) is 1.32. The number of carboxylic acids is 1. The van der Waals surface area contributed by atoms with Gasteiger partial charge in [-0.25, -0.2) is 18.2 Å². The van der Waals surface area contributed by atoms with E-state index in [4.69, 9.17) is 0 Å². The molecule has 1 amide bonds. The second-order valence-corrected chi connectivity index (χ2v) is 6.68. The number of H-pyrrole nitrogens is 1. The van der Waals surface area contributed by atoms with Gasteiger partial charge in [-0.1, -0.05) is 6.07 Å². The average Bonchev–Trinajstić information content (AvgIpc) is 3.27. The Morgan fingerprint density at radius 3 is 2.61 bits per heavy atom. The van der Waals surface area contributed by atoms with Crippen LogP contribution in [-0.4, -0.2) is 44.9 Å². The zero-order chi connectivity index (χ0) is 20.0. The number of benzene rings is 2. The number of nitrogens with one attached hydrogen (secondary N) is 1. The molecule has 2 N–H and O–H groups in total. The minimum Gasteiger partial charge on any atom is -0.481 e. The number of carbonyl (C=O) groups is 2. The molecule has 2 atom stereocenters. The molecule has 1 aliphatic heterocycles. The predicted octanol–water partition coefficient (Wildman–Crippen LogP) is 2.92. The molecule has 2 heterocycles. The van der Waals surface area contributed by atoms with Crippen LogP contribution in [0.1, 0.15) is 21.8 Å². The van der Waals surface area contributed by atoms with E-state index in [1.807, 2.05) is 0 Å². The third-order valence-electron chi connectivity index (χ3n) is 5.01. The van der Waals surface area contributed by atoms with Crippen molar-refractivity contribution in [2.75, 3.05) is 13.1 Å². The fraction of sp³-hybridized carbons (Fsp3) is 0.211. The Morgan fingerprint density at radius 2 is 1.89 bits per heavy atom. The van der Waals surface area contributed by atoms with Crippen molar-refractivity contribution in [1.82, 2.24) is 14.9 Å². The van der Waals surface area contributed by atoms with Gasteiger partial charge in [0, 0.05) is 25.1 Å². The Morgan fingerprint density at radius 1 is 1.11 bits per heavy atom. The fourth-order valence-corrected chi connectivity index (χ4v) is 3.69. The second kappa shape index (κ2) is 6.66. The molecule has 0 aliphatic carbocycles. The van der Waals surface area contributed by atoms with Crippen LogP contribution in [0.25, 0.3) is 11.0 Å². The number of aliphatic carboxylic acids is 1. The number of amides is 1. The fourth-order valence-electron chi connectivity index (χ4n) is 3.69. The monoisotopic (exact) mass is 389 g/mol. The summed E-state index contributed by atoms with van der Waals surface area (Å²) < 4.78 is 41.3. The Bertz CT molecular complexity index is 1100. The summed E-state index contributed by atoms with van der Waals surface area (Å²) in [6.45, 7) is -0.279. The summed E-state index contributed by atoms with van der Waals surface area (Å²) >= 11 is 0. The number of carboxylic acid groups (broad SMARTS) is 1. The number of rotatable bonds is 3. The van der Waals surface area contributed by atoms with Crippen molar-refractivity contribution in [2.45, 2.75) is 5.92 Å². The maximum Gasteiger partial charge on any atom is 0.308 e. The van der Waals surface area contributed by atoms with E-state index in [0.29, 0.717) is 11.6 Å². The third kappa shape index (κ3) is 2.98. The number of halogens is 3. The summed E-state index contributed by atoms with van der Waals surface area (Å²) in [6, 6.07) is 5.14. The van der Waals surface area contributed by atoms with Crippen LogP contribution >= 0.6 is 0 Å². The Hall–Kier alpha value is -3.36. The first kappa shape index (κ1) is 18.0. The molecule has 1 fully saturated rings. The van der Waals surface area contributed by atoms with Crippen molar-refractivity contribution in [3.63, 3.8) is 0 Å². The van der Waals surface area contributed by atoms with Gasteiger partial charge in [-0.05, 0) is 23.8 Å². The highest BCUT2D eigenvalue weighted by Gasteiger charge is 2.42. The molecule has 6 nitrogen and oxygen atoms in total. The SMILES string of the molecule is O=C(O)[C@H]1CN(C(=O)c2cc(F)cc3[nH]cnc23)C[C@@H]1c1ccc(F)cc1F. The number of hydrogen-bond donors (Lipinski definition) is 2. The van der Waals surface area contributed by atoms with Crippen molar-refractivity contribution in [2.24, 2.45) is 5.92 Å². The van der Waals surface area contributed by atoms with Gasteiger partial charge in [-0.15, -0.1) is 0 Å². The van der Waals surface area contributed by atoms with Crippen LogP contribution < -0.4 is 0 Å². The highest BCUT2D eigenvalue weighted by Crippen LogP contribution is 2.35. The van der Waals surface area contributed by atoms with Crippen molar-refractivity contribution in [1.29, 1.82) is 0 Å². The van der Waals surface area contributed by atoms with Crippen LogP contribution in [0.3, 0.4) is 0 Å². The minimum absolute atomic E-state index is 0.0133. The summed E-state index contributed by atoms with van der Waals surface area (Å²) in [7, 11) is 0. The van der Waals surface area contributed by atoms with E-state index < -0.39 is 41.2 Å². The molecule has 3 aromatic rings. The van der Waals surface area contributed by atoms with Crippen LogP contribution in [0.15, 0.2) is 36.7 Å². The van der Waals surface area contributed by atoms with Gasteiger partial charge >= 0.3 is 5.97 Å². The lowest BCUT2D eigenvalue weighted by Crippen LogP contribution is -2.30. The van der Waals surface area contributed by atoms with E-state index in [9.17, 15) is 27.9 Å². The second-order valence-electron chi connectivity index (χ2n) is 6.68. The molecule has 0 bridgehead atoms. The number of aromatic amines is 1. The summed E-state index contributed by atoms with van der Waals surface area (Å²) in [5.41, 5.74) is 0.599. The summed E-state index contributed by atoms with van der Waals surface area (Å²) in [4.78, 5) is 32.6. The molecular formula is C19H14F3N3O3. The average molecular weight is 389 g/mol. The molecule has 9 heteroatoms. The Kier molecular flexibility index (Phi) is 4.29. The predicted molar refractivity (Wildman–Crippen MR) is 92.2 cm³/mol. The molecule has 1 aromatic heterocycles. The number of likely N-dealkylation sites (tertiary alicyclic amines) is 1. The number of nitrogens with zero attached hydrogens (tertiary/aromatic N) is 2. The van der Waals surface area contributed by atoms with Gasteiger partial charge in [0.05, 0.1) is 23.3 Å². The Labute approximate surface area is 156 Å². The lowest BCUT2D eigenvalue weighted by molar-refractivity contribution is -0.141. The normalized spacial score (nSPS) is 19.3. The quantitative estimate of drug-likeness (QED) is 0.721. The lowest BCUT2D eigenvalue weighted by atomic mass is 9.88. The first-order valence-corrected chi connectivity index (χ1v) is 8.45. The van der Waals surface area contributed by atoms with Crippen molar-refractivity contribution < 1.29 is 27.9 Å².